The van der Waals surface area contributed by atoms with Crippen molar-refractivity contribution >= 4 is 17.1 Å². The van der Waals surface area contributed by atoms with Crippen LogP contribution in [0.3, 0.4) is 0 Å². The predicted molar refractivity (Wildman–Crippen MR) is 121 cm³/mol. The lowest BCUT2D eigenvalue weighted by atomic mass is 10.1. The van der Waals surface area contributed by atoms with E-state index >= 15 is 0 Å². The topological polar surface area (TPSA) is 69.2 Å². The molecule has 1 aromatic carbocycles. The van der Waals surface area contributed by atoms with E-state index in [-0.39, 0.29) is 5.91 Å². The van der Waals surface area contributed by atoms with Crippen molar-refractivity contribution < 1.29 is 4.79 Å². The Morgan fingerprint density at radius 1 is 0.968 bits per heavy atom. The van der Waals surface area contributed by atoms with E-state index in [1.54, 1.807) is 21.6 Å². The highest BCUT2D eigenvalue weighted by Gasteiger charge is 2.14. The van der Waals surface area contributed by atoms with E-state index in [4.69, 9.17) is 0 Å². The minimum absolute atomic E-state index is 0.232. The number of rotatable bonds is 4. The maximum Gasteiger partial charge on any atom is 0.276 e. The lowest BCUT2D eigenvalue weighted by Crippen LogP contribution is -2.14. The molecule has 0 spiro atoms. The highest BCUT2D eigenvalue weighted by molar-refractivity contribution is 6.03. The number of hydrogen-bond acceptors (Lipinski definition) is 3. The Bertz CT molecular complexity index is 1420. The van der Waals surface area contributed by atoms with Gasteiger partial charge >= 0.3 is 0 Å². The number of pyridine rings is 1. The quantitative estimate of drug-likeness (QED) is 0.478. The molecule has 5 rings (SSSR count). The molecule has 4 aromatic heterocycles. The summed E-state index contributed by atoms with van der Waals surface area (Å²) >= 11 is 0. The van der Waals surface area contributed by atoms with Crippen LogP contribution in [-0.4, -0.2) is 29.9 Å². The van der Waals surface area contributed by atoms with E-state index in [2.05, 4.69) is 38.2 Å². The Balaban J connectivity index is 1.46. The number of amides is 1. The van der Waals surface area contributed by atoms with Gasteiger partial charge in [-0.25, -0.2) is 4.68 Å². The molecule has 0 saturated heterocycles. The van der Waals surface area contributed by atoms with Crippen LogP contribution in [0.1, 0.15) is 21.6 Å². The van der Waals surface area contributed by atoms with Gasteiger partial charge in [0.15, 0.2) is 5.69 Å². The summed E-state index contributed by atoms with van der Waals surface area (Å²) in [6.07, 6.45) is 7.68. The Morgan fingerprint density at radius 2 is 1.81 bits per heavy atom. The number of fused-ring (bicyclic) bond motifs is 1. The molecule has 0 bridgehead atoms. The zero-order valence-corrected chi connectivity index (χ0v) is 17.6. The van der Waals surface area contributed by atoms with Crippen LogP contribution in [0.4, 0.5) is 5.69 Å². The second-order valence-corrected chi connectivity index (χ2v) is 7.72. The van der Waals surface area contributed by atoms with Crippen molar-refractivity contribution in [3.05, 3.63) is 90.1 Å². The van der Waals surface area contributed by atoms with Crippen LogP contribution in [0, 0.1) is 13.8 Å². The lowest BCUT2D eigenvalue weighted by Gasteiger charge is -2.08. The van der Waals surface area contributed by atoms with E-state index in [0.29, 0.717) is 5.69 Å². The van der Waals surface area contributed by atoms with Crippen molar-refractivity contribution in [1.82, 2.24) is 24.0 Å². The van der Waals surface area contributed by atoms with E-state index in [0.717, 1.165) is 39.3 Å². The van der Waals surface area contributed by atoms with Gasteiger partial charge in [-0.15, -0.1) is 0 Å². The van der Waals surface area contributed by atoms with Crippen molar-refractivity contribution in [3.8, 4) is 16.9 Å². The Kier molecular flexibility index (Phi) is 4.43. The number of hydrogen-bond donors (Lipinski definition) is 1. The normalized spacial score (nSPS) is 11.2. The monoisotopic (exact) mass is 410 g/mol. The van der Waals surface area contributed by atoms with Crippen molar-refractivity contribution in [2.24, 2.45) is 7.05 Å². The smallest absolute Gasteiger partial charge is 0.276 e. The molecule has 0 unspecified atom stereocenters. The summed E-state index contributed by atoms with van der Waals surface area (Å²) in [5.74, 6) is 0.621. The van der Waals surface area contributed by atoms with Gasteiger partial charge < -0.3 is 9.72 Å². The number of carbonyl (C=O) groups is 1. The third-order valence-corrected chi connectivity index (χ3v) is 5.37. The molecular formula is C24H22N6O. The molecule has 0 aliphatic carbocycles. The molecule has 0 saturated carbocycles. The number of nitrogens with one attached hydrogen (secondary N) is 1. The minimum atomic E-state index is -0.232. The summed E-state index contributed by atoms with van der Waals surface area (Å²) in [5, 5.41) is 11.7. The molecule has 0 atom stereocenters. The second-order valence-electron chi connectivity index (χ2n) is 7.72. The maximum atomic E-state index is 12.8. The fourth-order valence-electron chi connectivity index (χ4n) is 3.64. The molecule has 1 amide bonds. The Morgan fingerprint density at radius 3 is 2.61 bits per heavy atom. The van der Waals surface area contributed by atoms with Crippen molar-refractivity contribution in [1.29, 1.82) is 0 Å². The zero-order chi connectivity index (χ0) is 21.5. The van der Waals surface area contributed by atoms with Crippen LogP contribution in [-0.2, 0) is 7.05 Å². The Labute approximate surface area is 179 Å². The number of benzene rings is 1. The standard InChI is InChI=1S/C24H22N6O/c1-16-4-5-17(2)22(12-16)26-24(31)21-10-11-30(27-21)23-9-8-20-7-6-18(15-29(20)23)19-13-25-28(3)14-19/h4-15H,1-3H3,(H,26,31). The number of anilines is 1. The van der Waals surface area contributed by atoms with Crippen molar-refractivity contribution in [2.45, 2.75) is 13.8 Å². The summed E-state index contributed by atoms with van der Waals surface area (Å²) < 4.78 is 5.56. The van der Waals surface area contributed by atoms with Crippen LogP contribution in [0.5, 0.6) is 0 Å². The van der Waals surface area contributed by atoms with Crippen LogP contribution >= 0.6 is 0 Å². The summed E-state index contributed by atoms with van der Waals surface area (Å²) in [4.78, 5) is 12.8. The number of aryl methyl sites for hydroxylation is 3. The number of nitrogens with zero attached hydrogens (tertiary/aromatic N) is 5. The van der Waals surface area contributed by atoms with E-state index in [1.165, 1.54) is 0 Å². The van der Waals surface area contributed by atoms with Gasteiger partial charge in [0, 0.05) is 48.0 Å². The van der Waals surface area contributed by atoms with Gasteiger partial charge in [-0.2, -0.15) is 10.2 Å². The fourth-order valence-corrected chi connectivity index (χ4v) is 3.64. The number of carbonyl (C=O) groups excluding carboxylic acids is 1. The largest absolute Gasteiger partial charge is 0.320 e. The van der Waals surface area contributed by atoms with Crippen LogP contribution in [0.2, 0.25) is 0 Å². The van der Waals surface area contributed by atoms with E-state index in [1.807, 2.05) is 63.6 Å². The van der Waals surface area contributed by atoms with Gasteiger partial charge in [-0.3, -0.25) is 9.48 Å². The fraction of sp³-hybridized carbons (Fsp3) is 0.125. The summed E-state index contributed by atoms with van der Waals surface area (Å²) in [6.45, 7) is 3.97. The average molecular weight is 410 g/mol. The molecule has 7 nitrogen and oxygen atoms in total. The first-order chi connectivity index (χ1) is 15.0. The first kappa shape index (κ1) is 18.9. The molecule has 1 N–H and O–H groups in total. The van der Waals surface area contributed by atoms with E-state index < -0.39 is 0 Å². The van der Waals surface area contributed by atoms with Gasteiger partial charge in [0.1, 0.15) is 5.82 Å². The Hall–Kier alpha value is -4.13. The van der Waals surface area contributed by atoms with Crippen LogP contribution < -0.4 is 5.32 Å². The first-order valence-corrected chi connectivity index (χ1v) is 10.0. The summed E-state index contributed by atoms with van der Waals surface area (Å²) in [6, 6.07) is 15.9. The molecule has 5 aromatic rings. The van der Waals surface area contributed by atoms with Crippen LogP contribution in [0.25, 0.3) is 22.5 Å². The van der Waals surface area contributed by atoms with Crippen molar-refractivity contribution in [2.75, 3.05) is 5.32 Å². The molecular weight excluding hydrogens is 388 g/mol. The summed E-state index contributed by atoms with van der Waals surface area (Å²) in [5.41, 5.74) is 6.40. The van der Waals surface area contributed by atoms with Gasteiger partial charge in [0.05, 0.1) is 6.20 Å². The highest BCUT2D eigenvalue weighted by atomic mass is 16.2. The third kappa shape index (κ3) is 3.50. The SMILES string of the molecule is Cc1ccc(C)c(NC(=O)c2ccn(-c3ccc4ccc(-c5cnn(C)c5)cn34)n2)c1. The molecule has 154 valence electrons. The molecule has 0 radical (unpaired) electrons. The predicted octanol–water partition coefficient (Wildman–Crippen LogP) is 4.39. The highest BCUT2D eigenvalue weighted by Crippen LogP contribution is 2.23. The van der Waals surface area contributed by atoms with Gasteiger partial charge in [-0.1, -0.05) is 18.2 Å². The lowest BCUT2D eigenvalue weighted by molar-refractivity contribution is 0.102. The zero-order valence-electron chi connectivity index (χ0n) is 17.6. The minimum Gasteiger partial charge on any atom is -0.320 e. The number of aromatic nitrogens is 5. The van der Waals surface area contributed by atoms with Gasteiger partial charge in [-0.05, 0) is 55.3 Å². The first-order valence-electron chi connectivity index (χ1n) is 10.0. The van der Waals surface area contributed by atoms with Gasteiger partial charge in [0.25, 0.3) is 5.91 Å². The van der Waals surface area contributed by atoms with Crippen LogP contribution in [0.15, 0.2) is 73.3 Å². The van der Waals surface area contributed by atoms with E-state index in [9.17, 15) is 4.79 Å². The molecule has 7 heteroatoms. The molecule has 0 aliphatic rings. The average Bonchev–Trinajstić information content (AvgIpc) is 3.49. The molecule has 0 fully saturated rings. The second kappa shape index (κ2) is 7.28. The summed E-state index contributed by atoms with van der Waals surface area (Å²) in [7, 11) is 1.90. The maximum absolute atomic E-state index is 12.8. The van der Waals surface area contributed by atoms with Crippen molar-refractivity contribution in [3.63, 3.8) is 0 Å². The molecule has 31 heavy (non-hydrogen) atoms. The molecule has 4 heterocycles. The molecule has 0 aliphatic heterocycles. The third-order valence-electron chi connectivity index (χ3n) is 5.37. The van der Waals surface area contributed by atoms with Gasteiger partial charge in [0.2, 0.25) is 0 Å².